The summed E-state index contributed by atoms with van der Waals surface area (Å²) < 4.78 is 1.35. The summed E-state index contributed by atoms with van der Waals surface area (Å²) in [6.45, 7) is 5.15. The van der Waals surface area contributed by atoms with Crippen molar-refractivity contribution in [3.63, 3.8) is 0 Å². The van der Waals surface area contributed by atoms with Gasteiger partial charge in [-0.05, 0) is 40.9 Å². The molecular formula is C12H18BrNS. The summed E-state index contributed by atoms with van der Waals surface area (Å²) in [6.07, 6.45) is 2.21. The molecule has 0 aliphatic rings. The molecule has 0 aliphatic heterocycles. The Balaban J connectivity index is 2.88. The van der Waals surface area contributed by atoms with Gasteiger partial charge in [0, 0.05) is 20.7 Å². The highest BCUT2D eigenvalue weighted by Crippen LogP contribution is 2.40. The first kappa shape index (κ1) is 13.1. The van der Waals surface area contributed by atoms with Crippen LogP contribution in [0.3, 0.4) is 0 Å². The van der Waals surface area contributed by atoms with Crippen LogP contribution in [-0.4, -0.2) is 11.3 Å². The summed E-state index contributed by atoms with van der Waals surface area (Å²) in [7, 11) is 0. The number of rotatable bonds is 5. The van der Waals surface area contributed by atoms with E-state index in [-0.39, 0.29) is 4.75 Å². The molecule has 0 aliphatic carbocycles. The molecule has 1 nitrogen and oxygen atoms in total. The third-order valence-electron chi connectivity index (χ3n) is 2.82. The predicted molar refractivity (Wildman–Crippen MR) is 72.4 cm³/mol. The van der Waals surface area contributed by atoms with Gasteiger partial charge < -0.3 is 5.73 Å². The maximum absolute atomic E-state index is 5.89. The molecule has 0 atom stereocenters. The van der Waals surface area contributed by atoms with Crippen LogP contribution in [0.2, 0.25) is 0 Å². The first-order valence-electron chi connectivity index (χ1n) is 5.31. The summed E-state index contributed by atoms with van der Waals surface area (Å²) in [4.78, 5) is 1.28. The summed E-state index contributed by atoms with van der Waals surface area (Å²) in [5.41, 5.74) is 5.89. The zero-order chi connectivity index (χ0) is 11.3. The second-order valence-electron chi connectivity index (χ2n) is 3.63. The van der Waals surface area contributed by atoms with Crippen molar-refractivity contribution in [1.82, 2.24) is 0 Å². The van der Waals surface area contributed by atoms with Crippen molar-refractivity contribution >= 4 is 27.7 Å². The average molecular weight is 288 g/mol. The molecule has 15 heavy (non-hydrogen) atoms. The fourth-order valence-electron chi connectivity index (χ4n) is 1.49. The van der Waals surface area contributed by atoms with Crippen LogP contribution in [0.25, 0.3) is 0 Å². The molecule has 0 radical (unpaired) electrons. The Hall–Kier alpha value is 0.01000. The Bertz CT molecular complexity index is 302. The van der Waals surface area contributed by atoms with Gasteiger partial charge in [0.25, 0.3) is 0 Å². The van der Waals surface area contributed by atoms with Crippen molar-refractivity contribution in [1.29, 1.82) is 0 Å². The van der Waals surface area contributed by atoms with Crippen molar-refractivity contribution in [2.75, 3.05) is 6.54 Å². The monoisotopic (exact) mass is 287 g/mol. The van der Waals surface area contributed by atoms with Gasteiger partial charge in [0.2, 0.25) is 0 Å². The van der Waals surface area contributed by atoms with Crippen molar-refractivity contribution in [2.24, 2.45) is 5.73 Å². The van der Waals surface area contributed by atoms with Crippen LogP contribution in [0.5, 0.6) is 0 Å². The molecule has 0 amide bonds. The SMILES string of the molecule is CCC(CC)(CN)Sc1ccccc1Br. The number of nitrogens with two attached hydrogens (primary N) is 1. The van der Waals surface area contributed by atoms with Crippen molar-refractivity contribution in [3.8, 4) is 0 Å². The summed E-state index contributed by atoms with van der Waals surface area (Å²) in [6, 6.07) is 8.33. The minimum atomic E-state index is 0.184. The molecule has 0 fully saturated rings. The Kier molecular flexibility index (Phi) is 5.16. The van der Waals surface area contributed by atoms with Crippen LogP contribution < -0.4 is 5.73 Å². The smallest absolute Gasteiger partial charge is 0.0324 e. The molecule has 0 saturated carbocycles. The maximum Gasteiger partial charge on any atom is 0.0324 e. The molecular weight excluding hydrogens is 270 g/mol. The molecule has 1 rings (SSSR count). The lowest BCUT2D eigenvalue weighted by molar-refractivity contribution is 0.558. The van der Waals surface area contributed by atoms with Crippen LogP contribution in [0.4, 0.5) is 0 Å². The molecule has 0 heterocycles. The highest BCUT2D eigenvalue weighted by Gasteiger charge is 2.26. The third-order valence-corrected chi connectivity index (χ3v) is 5.53. The van der Waals surface area contributed by atoms with Gasteiger partial charge in [-0.3, -0.25) is 0 Å². The van der Waals surface area contributed by atoms with E-state index < -0.39 is 0 Å². The standard InChI is InChI=1S/C12H18BrNS/c1-3-12(4-2,9-14)15-11-8-6-5-7-10(11)13/h5-8H,3-4,9,14H2,1-2H3. The highest BCUT2D eigenvalue weighted by molar-refractivity contribution is 9.10. The van der Waals surface area contributed by atoms with E-state index in [2.05, 4.69) is 48.0 Å². The van der Waals surface area contributed by atoms with Crippen LogP contribution >= 0.6 is 27.7 Å². The first-order chi connectivity index (χ1) is 7.17. The highest BCUT2D eigenvalue weighted by atomic mass is 79.9. The fourth-order valence-corrected chi connectivity index (χ4v) is 3.16. The van der Waals surface area contributed by atoms with Crippen LogP contribution in [0.1, 0.15) is 26.7 Å². The van der Waals surface area contributed by atoms with Gasteiger partial charge >= 0.3 is 0 Å². The quantitative estimate of drug-likeness (QED) is 0.827. The van der Waals surface area contributed by atoms with Crippen molar-refractivity contribution in [3.05, 3.63) is 28.7 Å². The van der Waals surface area contributed by atoms with Gasteiger partial charge in [-0.2, -0.15) is 0 Å². The van der Waals surface area contributed by atoms with Gasteiger partial charge in [-0.1, -0.05) is 26.0 Å². The van der Waals surface area contributed by atoms with E-state index >= 15 is 0 Å². The Morgan fingerprint density at radius 2 is 1.87 bits per heavy atom. The molecule has 0 saturated heterocycles. The normalized spacial score (nSPS) is 11.7. The van der Waals surface area contributed by atoms with Gasteiger partial charge in [-0.25, -0.2) is 0 Å². The van der Waals surface area contributed by atoms with E-state index in [0.717, 1.165) is 23.9 Å². The summed E-state index contributed by atoms with van der Waals surface area (Å²) >= 11 is 5.47. The number of benzene rings is 1. The molecule has 3 heteroatoms. The fraction of sp³-hybridized carbons (Fsp3) is 0.500. The Morgan fingerprint density at radius 1 is 1.27 bits per heavy atom. The van der Waals surface area contributed by atoms with E-state index in [4.69, 9.17) is 5.73 Å². The molecule has 2 N–H and O–H groups in total. The van der Waals surface area contributed by atoms with Gasteiger partial charge in [0.15, 0.2) is 0 Å². The summed E-state index contributed by atoms with van der Waals surface area (Å²) in [5.74, 6) is 0. The molecule has 0 bridgehead atoms. The van der Waals surface area contributed by atoms with Gasteiger partial charge in [0.05, 0.1) is 0 Å². The summed E-state index contributed by atoms with van der Waals surface area (Å²) in [5, 5.41) is 0. The molecule has 0 aromatic heterocycles. The second-order valence-corrected chi connectivity index (χ2v) is 5.99. The van der Waals surface area contributed by atoms with Crippen LogP contribution in [0.15, 0.2) is 33.6 Å². The van der Waals surface area contributed by atoms with Crippen LogP contribution in [0, 0.1) is 0 Å². The van der Waals surface area contributed by atoms with Crippen molar-refractivity contribution < 1.29 is 0 Å². The lowest BCUT2D eigenvalue weighted by Crippen LogP contribution is -2.32. The average Bonchev–Trinajstić information content (AvgIpc) is 2.29. The molecule has 1 aromatic carbocycles. The maximum atomic E-state index is 5.89. The first-order valence-corrected chi connectivity index (χ1v) is 6.92. The Morgan fingerprint density at radius 3 is 2.33 bits per heavy atom. The van der Waals surface area contributed by atoms with Gasteiger partial charge in [0.1, 0.15) is 0 Å². The van der Waals surface area contributed by atoms with E-state index in [9.17, 15) is 0 Å². The third kappa shape index (κ3) is 3.23. The van der Waals surface area contributed by atoms with Gasteiger partial charge in [-0.15, -0.1) is 11.8 Å². The molecule has 1 aromatic rings. The number of halogens is 1. The van der Waals surface area contributed by atoms with E-state index in [1.165, 1.54) is 4.90 Å². The molecule has 0 unspecified atom stereocenters. The Labute approximate surface area is 105 Å². The number of thioether (sulfide) groups is 1. The van der Waals surface area contributed by atoms with E-state index in [1.807, 2.05) is 17.8 Å². The zero-order valence-corrected chi connectivity index (χ0v) is 11.7. The van der Waals surface area contributed by atoms with Crippen LogP contribution in [-0.2, 0) is 0 Å². The minimum Gasteiger partial charge on any atom is -0.329 e. The number of hydrogen-bond acceptors (Lipinski definition) is 2. The molecule has 84 valence electrons. The molecule has 0 spiro atoms. The second kappa shape index (κ2) is 5.92. The largest absolute Gasteiger partial charge is 0.329 e. The minimum absolute atomic E-state index is 0.184. The lowest BCUT2D eigenvalue weighted by Gasteiger charge is -2.29. The topological polar surface area (TPSA) is 26.0 Å². The van der Waals surface area contributed by atoms with E-state index in [0.29, 0.717) is 0 Å². The number of hydrogen-bond donors (Lipinski definition) is 1. The zero-order valence-electron chi connectivity index (χ0n) is 9.29. The van der Waals surface area contributed by atoms with Crippen molar-refractivity contribution in [2.45, 2.75) is 36.3 Å². The lowest BCUT2D eigenvalue weighted by atomic mass is 10.0. The van der Waals surface area contributed by atoms with E-state index in [1.54, 1.807) is 0 Å². The predicted octanol–water partition coefficient (Wildman–Crippen LogP) is 4.06.